The molecule has 1 aromatic rings. The summed E-state index contributed by atoms with van der Waals surface area (Å²) in [7, 11) is 0. The highest BCUT2D eigenvalue weighted by molar-refractivity contribution is 7.99. The number of rotatable bonds is 10. The minimum absolute atomic E-state index is 0.140. The fourth-order valence-electron chi connectivity index (χ4n) is 3.68. The summed E-state index contributed by atoms with van der Waals surface area (Å²) in [6.45, 7) is 2.39. The van der Waals surface area contributed by atoms with Crippen molar-refractivity contribution in [2.75, 3.05) is 12.4 Å². The molecule has 1 saturated carbocycles. The Morgan fingerprint density at radius 3 is 2.88 bits per heavy atom. The average Bonchev–Trinajstić information content (AvgIpc) is 3.05. The van der Waals surface area contributed by atoms with Crippen molar-refractivity contribution in [2.24, 2.45) is 5.92 Å². The zero-order valence-electron chi connectivity index (χ0n) is 14.9. The van der Waals surface area contributed by atoms with Gasteiger partial charge in [0.15, 0.2) is 0 Å². The summed E-state index contributed by atoms with van der Waals surface area (Å²) < 4.78 is 0. The van der Waals surface area contributed by atoms with E-state index in [-0.39, 0.29) is 6.61 Å². The standard InChI is InChI=1S/C21H32O2S/c1-2-3-4-5-6-7-10-17-11-8-12-18(17)19-13-9-14-20(21(19)23)24-16-15-22/h7,9-10,13-14,17-18,22-23H,2-6,8,11-12,15-16H2,1H3/b10-7+/t17?,18-/m0/s1. The number of hydrogen-bond acceptors (Lipinski definition) is 3. The smallest absolute Gasteiger partial charge is 0.132 e. The van der Waals surface area contributed by atoms with E-state index in [1.807, 2.05) is 12.1 Å². The molecule has 1 unspecified atom stereocenters. The molecule has 134 valence electrons. The first kappa shape index (κ1) is 19.4. The molecular weight excluding hydrogens is 316 g/mol. The maximum atomic E-state index is 10.6. The van der Waals surface area contributed by atoms with Crippen molar-refractivity contribution in [1.82, 2.24) is 0 Å². The Bertz CT molecular complexity index is 513. The van der Waals surface area contributed by atoms with Crippen molar-refractivity contribution in [3.05, 3.63) is 35.9 Å². The normalized spacial score (nSPS) is 20.9. The van der Waals surface area contributed by atoms with Gasteiger partial charge in [-0.2, -0.15) is 0 Å². The number of aromatic hydroxyl groups is 1. The van der Waals surface area contributed by atoms with Crippen LogP contribution < -0.4 is 0 Å². The average molecular weight is 349 g/mol. The first-order chi connectivity index (χ1) is 11.8. The lowest BCUT2D eigenvalue weighted by Crippen LogP contribution is -2.04. The predicted octanol–water partition coefficient (Wildman–Crippen LogP) is 5.89. The quantitative estimate of drug-likeness (QED) is 0.315. The lowest BCUT2D eigenvalue weighted by atomic mass is 9.88. The predicted molar refractivity (Wildman–Crippen MR) is 104 cm³/mol. The number of aliphatic hydroxyl groups excluding tert-OH is 1. The summed E-state index contributed by atoms with van der Waals surface area (Å²) in [4.78, 5) is 0.899. The van der Waals surface area contributed by atoms with Gasteiger partial charge in [0.25, 0.3) is 0 Å². The number of hydrogen-bond donors (Lipinski definition) is 2. The Hall–Kier alpha value is -0.930. The van der Waals surface area contributed by atoms with E-state index in [1.54, 1.807) is 0 Å². The Balaban J connectivity index is 1.98. The van der Waals surface area contributed by atoms with Gasteiger partial charge < -0.3 is 10.2 Å². The second-order valence-corrected chi connectivity index (χ2v) is 7.88. The molecule has 0 radical (unpaired) electrons. The highest BCUT2D eigenvalue weighted by atomic mass is 32.2. The lowest BCUT2D eigenvalue weighted by Gasteiger charge is -2.19. The zero-order valence-corrected chi connectivity index (χ0v) is 15.7. The van der Waals surface area contributed by atoms with Crippen LogP contribution in [0.3, 0.4) is 0 Å². The highest BCUT2D eigenvalue weighted by Crippen LogP contribution is 2.45. The van der Waals surface area contributed by atoms with Crippen LogP contribution in [0.2, 0.25) is 0 Å². The molecule has 1 aliphatic rings. The maximum absolute atomic E-state index is 10.6. The van der Waals surface area contributed by atoms with E-state index < -0.39 is 0 Å². The SMILES string of the molecule is CCCCCC/C=C/C1CCC[C@@H]1c1cccc(SCCO)c1O. The van der Waals surface area contributed by atoms with E-state index >= 15 is 0 Å². The molecule has 0 spiro atoms. The third kappa shape index (κ3) is 5.56. The molecule has 2 nitrogen and oxygen atoms in total. The Kier molecular flexibility index (Phi) is 8.76. The molecule has 0 amide bonds. The first-order valence-electron chi connectivity index (χ1n) is 9.50. The van der Waals surface area contributed by atoms with Gasteiger partial charge in [-0.05, 0) is 49.1 Å². The maximum Gasteiger partial charge on any atom is 0.132 e. The van der Waals surface area contributed by atoms with Crippen LogP contribution in [0.15, 0.2) is 35.2 Å². The monoisotopic (exact) mass is 348 g/mol. The Morgan fingerprint density at radius 1 is 1.21 bits per heavy atom. The van der Waals surface area contributed by atoms with Crippen molar-refractivity contribution in [3.63, 3.8) is 0 Å². The number of unbranched alkanes of at least 4 members (excludes halogenated alkanes) is 4. The summed E-state index contributed by atoms with van der Waals surface area (Å²) in [6.07, 6.45) is 14.8. The molecule has 2 N–H and O–H groups in total. The Labute approximate surface area is 151 Å². The van der Waals surface area contributed by atoms with Crippen LogP contribution in [0.5, 0.6) is 5.75 Å². The summed E-state index contributed by atoms with van der Waals surface area (Å²) in [5.74, 6) is 2.05. The minimum Gasteiger partial charge on any atom is -0.506 e. The van der Waals surface area contributed by atoms with Crippen LogP contribution >= 0.6 is 11.8 Å². The van der Waals surface area contributed by atoms with E-state index in [4.69, 9.17) is 5.11 Å². The molecule has 24 heavy (non-hydrogen) atoms. The molecular formula is C21H32O2S. The summed E-state index contributed by atoms with van der Waals surface area (Å²) in [5.41, 5.74) is 1.09. The second-order valence-electron chi connectivity index (χ2n) is 6.74. The molecule has 0 aromatic heterocycles. The lowest BCUT2D eigenvalue weighted by molar-refractivity contribution is 0.322. The first-order valence-corrected chi connectivity index (χ1v) is 10.5. The third-order valence-corrected chi connectivity index (χ3v) is 5.98. The van der Waals surface area contributed by atoms with Crippen molar-refractivity contribution in [1.29, 1.82) is 0 Å². The van der Waals surface area contributed by atoms with Gasteiger partial charge in [0.1, 0.15) is 5.75 Å². The molecule has 0 saturated heterocycles. The van der Waals surface area contributed by atoms with Gasteiger partial charge in [0.05, 0.1) is 6.61 Å². The number of para-hydroxylation sites is 1. The van der Waals surface area contributed by atoms with Gasteiger partial charge in [-0.1, -0.05) is 56.9 Å². The van der Waals surface area contributed by atoms with E-state index in [2.05, 4.69) is 25.1 Å². The van der Waals surface area contributed by atoms with Crippen molar-refractivity contribution < 1.29 is 10.2 Å². The highest BCUT2D eigenvalue weighted by Gasteiger charge is 2.29. The number of aliphatic hydroxyl groups is 1. The number of thioether (sulfide) groups is 1. The second kappa shape index (κ2) is 10.8. The summed E-state index contributed by atoms with van der Waals surface area (Å²) in [6, 6.07) is 6.07. The minimum atomic E-state index is 0.140. The fourth-order valence-corrected chi connectivity index (χ4v) is 4.42. The van der Waals surface area contributed by atoms with Crippen molar-refractivity contribution in [2.45, 2.75) is 69.1 Å². The number of phenols is 1. The number of phenolic OH excluding ortho intramolecular Hbond substituents is 1. The Morgan fingerprint density at radius 2 is 2.08 bits per heavy atom. The molecule has 0 heterocycles. The van der Waals surface area contributed by atoms with Crippen LogP contribution in [0.25, 0.3) is 0 Å². The van der Waals surface area contributed by atoms with Crippen LogP contribution in [-0.2, 0) is 0 Å². The van der Waals surface area contributed by atoms with Gasteiger partial charge in [-0.3, -0.25) is 0 Å². The van der Waals surface area contributed by atoms with Crippen LogP contribution in [0.1, 0.15) is 69.8 Å². The van der Waals surface area contributed by atoms with Crippen LogP contribution in [0, 0.1) is 5.92 Å². The topological polar surface area (TPSA) is 40.5 Å². The van der Waals surface area contributed by atoms with Gasteiger partial charge in [-0.15, -0.1) is 11.8 Å². The van der Waals surface area contributed by atoms with Gasteiger partial charge in [-0.25, -0.2) is 0 Å². The van der Waals surface area contributed by atoms with Crippen LogP contribution in [-0.4, -0.2) is 22.6 Å². The van der Waals surface area contributed by atoms with Gasteiger partial charge in [0, 0.05) is 10.6 Å². The molecule has 0 aliphatic heterocycles. The van der Waals surface area contributed by atoms with E-state index in [9.17, 15) is 5.11 Å². The summed E-state index contributed by atoms with van der Waals surface area (Å²) >= 11 is 1.53. The van der Waals surface area contributed by atoms with E-state index in [0.29, 0.717) is 23.3 Å². The van der Waals surface area contributed by atoms with E-state index in [0.717, 1.165) is 16.9 Å². The number of allylic oxidation sites excluding steroid dienone is 2. The largest absolute Gasteiger partial charge is 0.506 e. The molecule has 2 rings (SSSR count). The molecule has 3 heteroatoms. The van der Waals surface area contributed by atoms with Gasteiger partial charge in [0.2, 0.25) is 0 Å². The van der Waals surface area contributed by atoms with Crippen LogP contribution in [0.4, 0.5) is 0 Å². The molecule has 0 bridgehead atoms. The molecule has 1 fully saturated rings. The molecule has 1 aromatic carbocycles. The summed E-state index contributed by atoms with van der Waals surface area (Å²) in [5, 5.41) is 19.6. The fraction of sp³-hybridized carbons (Fsp3) is 0.619. The van der Waals surface area contributed by atoms with Crippen molar-refractivity contribution >= 4 is 11.8 Å². The molecule has 1 aliphatic carbocycles. The number of benzene rings is 1. The molecule has 2 atom stereocenters. The van der Waals surface area contributed by atoms with E-state index in [1.165, 1.54) is 56.7 Å². The third-order valence-electron chi connectivity index (χ3n) is 4.96. The zero-order chi connectivity index (χ0) is 17.2. The van der Waals surface area contributed by atoms with Crippen molar-refractivity contribution in [3.8, 4) is 5.75 Å². The van der Waals surface area contributed by atoms with Gasteiger partial charge >= 0.3 is 0 Å².